The van der Waals surface area contributed by atoms with Crippen LogP contribution in [0.2, 0.25) is 0 Å². The van der Waals surface area contributed by atoms with E-state index in [1.54, 1.807) is 26.0 Å². The van der Waals surface area contributed by atoms with E-state index in [4.69, 9.17) is 23.4 Å². The summed E-state index contributed by atoms with van der Waals surface area (Å²) >= 11 is 0. The van der Waals surface area contributed by atoms with E-state index < -0.39 is 41.8 Å². The third-order valence-electron chi connectivity index (χ3n) is 5.69. The Hall–Kier alpha value is -2.84. The third-order valence-corrected chi connectivity index (χ3v) is 5.69. The first-order valence-electron chi connectivity index (χ1n) is 10.6. The number of hydrogen-bond donors (Lipinski definition) is 0. The summed E-state index contributed by atoms with van der Waals surface area (Å²) in [6.07, 6.45) is -3.18. The van der Waals surface area contributed by atoms with Gasteiger partial charge in [-0.3, -0.25) is 4.79 Å². The molecule has 7 heteroatoms. The topological polar surface area (TPSA) is 84.2 Å². The Kier molecular flexibility index (Phi) is 5.22. The maximum Gasteiger partial charge on any atom is 0.347 e. The van der Waals surface area contributed by atoms with Gasteiger partial charge in [0.15, 0.2) is 18.2 Å². The number of rotatable bonds is 5. The van der Waals surface area contributed by atoms with E-state index >= 15 is 0 Å². The van der Waals surface area contributed by atoms with Crippen molar-refractivity contribution in [2.75, 3.05) is 0 Å². The molecule has 0 aliphatic carbocycles. The van der Waals surface area contributed by atoms with Crippen LogP contribution in [0.25, 0.3) is 11.0 Å². The minimum atomic E-state index is -1.06. The van der Waals surface area contributed by atoms with Crippen LogP contribution in [0.5, 0.6) is 0 Å². The SMILES string of the molecule is Cc1ccc2oc(=O)c(C(=O)[C@H]3O[C@@H]4OC(C)(C)O[C@@H]4[C@@H]3OCc3ccccc3)cc2c1. The molecule has 2 fully saturated rings. The molecule has 166 valence electrons. The van der Waals surface area contributed by atoms with Crippen molar-refractivity contribution in [2.45, 2.75) is 57.8 Å². The Balaban J connectivity index is 1.46. The van der Waals surface area contributed by atoms with Crippen molar-refractivity contribution >= 4 is 16.8 Å². The second-order valence-electron chi connectivity index (χ2n) is 8.64. The number of carbonyl (C=O) groups excluding carboxylic acids is 1. The van der Waals surface area contributed by atoms with Crippen LogP contribution in [0.4, 0.5) is 0 Å². The number of ketones is 1. The van der Waals surface area contributed by atoms with Gasteiger partial charge in [0.25, 0.3) is 0 Å². The van der Waals surface area contributed by atoms with Crippen LogP contribution in [-0.2, 0) is 25.6 Å². The standard InChI is InChI=1S/C25H24O7/c1-14-9-10-18-16(11-14)12-17(23(27)29-18)19(26)20-21(28-13-15-7-5-4-6-8-15)22-24(30-20)32-25(2,3)31-22/h4-12,20-22,24H,13H2,1-3H3/t20-,21-,22-,24-/m1/s1. The Labute approximate surface area is 184 Å². The highest BCUT2D eigenvalue weighted by Gasteiger charge is 2.57. The fraction of sp³-hybridized carbons (Fsp3) is 0.360. The first kappa shape index (κ1) is 21.0. The minimum Gasteiger partial charge on any atom is -0.422 e. The summed E-state index contributed by atoms with van der Waals surface area (Å²) in [6.45, 7) is 5.74. The molecule has 7 nitrogen and oxygen atoms in total. The molecule has 0 bridgehead atoms. The molecule has 2 aliphatic rings. The number of hydrogen-bond acceptors (Lipinski definition) is 7. The zero-order valence-corrected chi connectivity index (χ0v) is 18.1. The summed E-state index contributed by atoms with van der Waals surface area (Å²) in [5.74, 6) is -1.38. The molecule has 0 radical (unpaired) electrons. The average Bonchev–Trinajstić information content (AvgIpc) is 3.24. The van der Waals surface area contributed by atoms with Crippen molar-refractivity contribution in [3.05, 3.63) is 81.7 Å². The maximum absolute atomic E-state index is 13.4. The van der Waals surface area contributed by atoms with Gasteiger partial charge in [0.05, 0.1) is 6.61 Å². The second-order valence-corrected chi connectivity index (χ2v) is 8.64. The number of Topliss-reactive ketones (excluding diaryl/α,β-unsaturated/α-hetero) is 1. The zero-order chi connectivity index (χ0) is 22.5. The average molecular weight is 436 g/mol. The molecule has 0 N–H and O–H groups in total. The highest BCUT2D eigenvalue weighted by Crippen LogP contribution is 2.40. The van der Waals surface area contributed by atoms with Crippen molar-refractivity contribution in [1.82, 2.24) is 0 Å². The van der Waals surface area contributed by atoms with Crippen molar-refractivity contribution in [2.24, 2.45) is 0 Å². The molecule has 4 atom stereocenters. The molecule has 1 aromatic heterocycles. The summed E-state index contributed by atoms with van der Waals surface area (Å²) in [7, 11) is 0. The van der Waals surface area contributed by atoms with E-state index in [-0.39, 0.29) is 12.2 Å². The summed E-state index contributed by atoms with van der Waals surface area (Å²) in [5, 5.41) is 0.668. The summed E-state index contributed by atoms with van der Waals surface area (Å²) < 4.78 is 29.2. The van der Waals surface area contributed by atoms with Gasteiger partial charge in [-0.15, -0.1) is 0 Å². The van der Waals surface area contributed by atoms with Gasteiger partial charge in [0, 0.05) is 5.39 Å². The third kappa shape index (κ3) is 3.89. The normalized spacial score (nSPS) is 26.3. The van der Waals surface area contributed by atoms with Crippen LogP contribution < -0.4 is 5.63 Å². The molecule has 32 heavy (non-hydrogen) atoms. The van der Waals surface area contributed by atoms with Crippen LogP contribution in [0.3, 0.4) is 0 Å². The Morgan fingerprint density at radius 3 is 2.62 bits per heavy atom. The van der Waals surface area contributed by atoms with Gasteiger partial charge in [-0.25, -0.2) is 4.79 Å². The Morgan fingerprint density at radius 2 is 1.84 bits per heavy atom. The molecular formula is C25H24O7. The van der Waals surface area contributed by atoms with E-state index in [9.17, 15) is 9.59 Å². The van der Waals surface area contributed by atoms with Gasteiger partial charge in [0.2, 0.25) is 5.78 Å². The monoisotopic (exact) mass is 436 g/mol. The Morgan fingerprint density at radius 1 is 1.06 bits per heavy atom. The van der Waals surface area contributed by atoms with Crippen molar-refractivity contribution in [1.29, 1.82) is 0 Å². The molecule has 2 saturated heterocycles. The van der Waals surface area contributed by atoms with Gasteiger partial charge < -0.3 is 23.4 Å². The first-order chi connectivity index (χ1) is 15.3. The van der Waals surface area contributed by atoms with Gasteiger partial charge in [0.1, 0.15) is 23.4 Å². The smallest absolute Gasteiger partial charge is 0.347 e. The number of carbonyl (C=O) groups is 1. The predicted molar refractivity (Wildman–Crippen MR) is 115 cm³/mol. The molecule has 0 spiro atoms. The number of aryl methyl sites for hydroxylation is 1. The first-order valence-corrected chi connectivity index (χ1v) is 10.6. The van der Waals surface area contributed by atoms with E-state index in [0.29, 0.717) is 11.0 Å². The lowest BCUT2D eigenvalue weighted by Gasteiger charge is -2.25. The highest BCUT2D eigenvalue weighted by molar-refractivity contribution is 6.01. The van der Waals surface area contributed by atoms with Crippen LogP contribution in [0, 0.1) is 6.92 Å². The molecule has 0 unspecified atom stereocenters. The molecule has 0 saturated carbocycles. The lowest BCUT2D eigenvalue weighted by atomic mass is 10.0. The lowest BCUT2D eigenvalue weighted by Crippen LogP contribution is -2.41. The van der Waals surface area contributed by atoms with Crippen molar-refractivity contribution < 1.29 is 28.2 Å². The maximum atomic E-state index is 13.4. The molecule has 3 aromatic rings. The molecule has 5 rings (SSSR count). The van der Waals surface area contributed by atoms with Gasteiger partial charge in [-0.05, 0) is 44.5 Å². The van der Waals surface area contributed by atoms with Gasteiger partial charge in [-0.1, -0.05) is 42.0 Å². The van der Waals surface area contributed by atoms with Crippen molar-refractivity contribution in [3.63, 3.8) is 0 Å². The van der Waals surface area contributed by atoms with E-state index in [1.165, 1.54) is 0 Å². The van der Waals surface area contributed by atoms with Gasteiger partial charge in [-0.2, -0.15) is 0 Å². The summed E-state index contributed by atoms with van der Waals surface area (Å²) in [4.78, 5) is 26.0. The molecule has 3 heterocycles. The highest BCUT2D eigenvalue weighted by atomic mass is 16.8. The van der Waals surface area contributed by atoms with Crippen LogP contribution in [0.1, 0.15) is 35.3 Å². The van der Waals surface area contributed by atoms with Crippen LogP contribution >= 0.6 is 0 Å². The van der Waals surface area contributed by atoms with Crippen LogP contribution in [0.15, 0.2) is 63.8 Å². The lowest BCUT2D eigenvalue weighted by molar-refractivity contribution is -0.212. The fourth-order valence-electron chi connectivity index (χ4n) is 4.21. The molecular weight excluding hydrogens is 412 g/mol. The predicted octanol–water partition coefficient (Wildman–Crippen LogP) is 3.75. The summed E-state index contributed by atoms with van der Waals surface area (Å²) in [5.41, 5.74) is 1.56. The molecule has 2 aromatic carbocycles. The zero-order valence-electron chi connectivity index (χ0n) is 18.1. The van der Waals surface area contributed by atoms with E-state index in [1.807, 2.05) is 49.4 Å². The van der Waals surface area contributed by atoms with Crippen molar-refractivity contribution in [3.8, 4) is 0 Å². The number of fused-ring (bicyclic) bond motifs is 2. The second kappa shape index (κ2) is 7.94. The van der Waals surface area contributed by atoms with Crippen LogP contribution in [-0.4, -0.2) is 36.2 Å². The van der Waals surface area contributed by atoms with Gasteiger partial charge >= 0.3 is 5.63 Å². The largest absolute Gasteiger partial charge is 0.422 e. The summed E-state index contributed by atoms with van der Waals surface area (Å²) in [6, 6.07) is 16.6. The van der Waals surface area contributed by atoms with E-state index in [0.717, 1.165) is 11.1 Å². The number of ether oxygens (including phenoxy) is 4. The van der Waals surface area contributed by atoms with E-state index in [2.05, 4.69) is 0 Å². The molecule has 0 amide bonds. The fourth-order valence-corrected chi connectivity index (χ4v) is 4.21. The quantitative estimate of drug-likeness (QED) is 0.445. The molecule has 2 aliphatic heterocycles. The Bertz CT molecular complexity index is 1210. The number of benzene rings is 2. The minimum absolute atomic E-state index is 0.0827.